The number of hydrogen-bond acceptors (Lipinski definition) is 1. The molecule has 8 atom stereocenters. The Morgan fingerprint density at radius 3 is 0.962 bits per heavy atom. The van der Waals surface area contributed by atoms with E-state index in [4.69, 9.17) is 0 Å². The first-order valence-electron chi connectivity index (χ1n) is 9.98. The molecule has 1 heteroatoms. The summed E-state index contributed by atoms with van der Waals surface area (Å²) in [6.07, 6.45) is 1.45. The van der Waals surface area contributed by atoms with E-state index in [0.717, 1.165) is 47.6 Å². The van der Waals surface area contributed by atoms with Crippen molar-refractivity contribution in [1.82, 2.24) is 4.90 Å². The zero-order valence-corrected chi connectivity index (χ0v) is 17.5. The van der Waals surface area contributed by atoms with Gasteiger partial charge < -0.3 is 0 Å². The van der Waals surface area contributed by atoms with Crippen molar-refractivity contribution in [2.24, 2.45) is 35.5 Å². The van der Waals surface area contributed by atoms with Gasteiger partial charge in [-0.3, -0.25) is 4.90 Å². The Bertz CT molecular complexity index is 262. The van der Waals surface area contributed by atoms with Crippen molar-refractivity contribution in [3.05, 3.63) is 0 Å². The summed E-state index contributed by atoms with van der Waals surface area (Å²) in [7, 11) is 0. The second kappa shape index (κ2) is 17.1. The van der Waals surface area contributed by atoms with Crippen molar-refractivity contribution in [2.75, 3.05) is 6.54 Å². The van der Waals surface area contributed by atoms with E-state index >= 15 is 0 Å². The van der Waals surface area contributed by atoms with Gasteiger partial charge in [0.25, 0.3) is 0 Å². The molecule has 0 amide bonds. The minimum atomic E-state index is 0. The van der Waals surface area contributed by atoms with Crippen molar-refractivity contribution >= 4 is 0 Å². The van der Waals surface area contributed by atoms with Gasteiger partial charge in [0.05, 0.1) is 0 Å². The van der Waals surface area contributed by atoms with Gasteiger partial charge in [-0.15, -0.1) is 0 Å². The first-order chi connectivity index (χ1) is 10.2. The topological polar surface area (TPSA) is 3.24 Å². The molecule has 1 saturated carbocycles. The van der Waals surface area contributed by atoms with Crippen LogP contribution in [0.4, 0.5) is 0 Å². The molecule has 0 aromatic heterocycles. The molecule has 2 aliphatic rings. The summed E-state index contributed by atoms with van der Waals surface area (Å²) >= 11 is 0. The molecular weight excluding hydrogens is 314 g/mol. The molecule has 26 heavy (non-hydrogen) atoms. The zero-order chi connectivity index (χ0) is 17.6. The SMILES string of the molecule is C.C.C.C.CC.CCN1[C@H](C)[C@H](C)[C@H](C)[C@@H]1C.C[C@@H]1[C@H](C)[C@H](C)C[C@@H]1C. The maximum absolute atomic E-state index is 2.61. The second-order valence-corrected chi connectivity index (χ2v) is 7.94. The third-order valence-corrected chi connectivity index (χ3v) is 7.13. The van der Waals surface area contributed by atoms with Gasteiger partial charge in [0.1, 0.15) is 0 Å². The zero-order valence-electron chi connectivity index (χ0n) is 17.5. The number of rotatable bonds is 1. The fraction of sp³-hybridized carbons (Fsp3) is 1.00. The maximum atomic E-state index is 2.61. The van der Waals surface area contributed by atoms with Crippen molar-refractivity contribution in [3.8, 4) is 0 Å². The lowest BCUT2D eigenvalue weighted by Gasteiger charge is -2.25. The van der Waals surface area contributed by atoms with E-state index in [1.54, 1.807) is 0 Å². The molecule has 1 saturated heterocycles. The first kappa shape index (κ1) is 36.8. The first-order valence-corrected chi connectivity index (χ1v) is 9.98. The number of nitrogens with zero attached hydrogens (tertiary/aromatic N) is 1. The molecule has 2 fully saturated rings. The van der Waals surface area contributed by atoms with Crippen molar-refractivity contribution in [1.29, 1.82) is 0 Å². The molecule has 1 nitrogen and oxygen atoms in total. The van der Waals surface area contributed by atoms with Gasteiger partial charge in [-0.05, 0) is 62.3 Å². The minimum absolute atomic E-state index is 0. The highest BCUT2D eigenvalue weighted by atomic mass is 15.2. The van der Waals surface area contributed by atoms with Crippen LogP contribution in [0.2, 0.25) is 0 Å². The highest BCUT2D eigenvalue weighted by molar-refractivity contribution is 4.91. The average Bonchev–Trinajstić information content (AvgIpc) is 2.85. The van der Waals surface area contributed by atoms with Gasteiger partial charge in [0.2, 0.25) is 0 Å². The molecule has 1 heterocycles. The van der Waals surface area contributed by atoms with E-state index in [0.29, 0.717) is 0 Å². The molecule has 0 spiro atoms. The largest absolute Gasteiger partial charge is 0.298 e. The third-order valence-electron chi connectivity index (χ3n) is 7.13. The highest BCUT2D eigenvalue weighted by Crippen LogP contribution is 2.40. The molecule has 0 unspecified atom stereocenters. The minimum Gasteiger partial charge on any atom is -0.298 e. The average molecular weight is 376 g/mol. The Labute approximate surface area is 171 Å². The summed E-state index contributed by atoms with van der Waals surface area (Å²) in [5.41, 5.74) is 0. The Balaban J connectivity index is -0.0000000913. The molecule has 166 valence electrons. The van der Waals surface area contributed by atoms with Gasteiger partial charge >= 0.3 is 0 Å². The van der Waals surface area contributed by atoms with E-state index in [2.05, 4.69) is 67.2 Å². The summed E-state index contributed by atoms with van der Waals surface area (Å²) in [6, 6.07) is 1.56. The van der Waals surface area contributed by atoms with Gasteiger partial charge in [-0.25, -0.2) is 0 Å². The molecule has 1 aliphatic carbocycles. The van der Waals surface area contributed by atoms with Gasteiger partial charge in [-0.2, -0.15) is 0 Å². The van der Waals surface area contributed by atoms with E-state index in [1.165, 1.54) is 13.0 Å². The van der Waals surface area contributed by atoms with E-state index in [1.807, 2.05) is 13.8 Å². The molecular formula is C25H61N. The molecule has 2 rings (SSSR count). The van der Waals surface area contributed by atoms with Crippen LogP contribution in [0.1, 0.15) is 112 Å². The lowest BCUT2D eigenvalue weighted by atomic mass is 9.92. The van der Waals surface area contributed by atoms with Crippen molar-refractivity contribution < 1.29 is 0 Å². The summed E-state index contributed by atoms with van der Waals surface area (Å²) < 4.78 is 0. The molecule has 1 aliphatic heterocycles. The van der Waals surface area contributed by atoms with Crippen LogP contribution in [-0.4, -0.2) is 23.5 Å². The van der Waals surface area contributed by atoms with Crippen LogP contribution < -0.4 is 0 Å². The molecule has 0 N–H and O–H groups in total. The summed E-state index contributed by atoms with van der Waals surface area (Å²) in [6.45, 7) is 26.5. The van der Waals surface area contributed by atoms with Gasteiger partial charge in [-0.1, -0.05) is 92.0 Å². The Hall–Kier alpha value is -0.0400. The smallest absolute Gasteiger partial charge is 0.00984 e. The van der Waals surface area contributed by atoms with Crippen molar-refractivity contribution in [2.45, 2.75) is 124 Å². The summed E-state index contributed by atoms with van der Waals surface area (Å²) in [5.74, 6) is 5.58. The third kappa shape index (κ3) is 8.77. The van der Waals surface area contributed by atoms with E-state index < -0.39 is 0 Å². The second-order valence-electron chi connectivity index (χ2n) is 7.94. The fourth-order valence-corrected chi connectivity index (χ4v) is 4.48. The molecule has 0 aromatic rings. The summed E-state index contributed by atoms with van der Waals surface area (Å²) in [5, 5.41) is 0. The quantitative estimate of drug-likeness (QED) is 0.442. The van der Waals surface area contributed by atoms with Crippen LogP contribution in [0.15, 0.2) is 0 Å². The molecule has 0 bridgehead atoms. The standard InChI is InChI=1S/C10H21N.C9H18.C2H6.4CH4/c1-6-11-9(4)7(2)8(3)10(11)5;1-6-5-7(2)9(4)8(6)3;1-2;;;;/h7-10H,6H2,1-5H3;6-9H,5H2,1-4H3;1-2H3;4*1H4/t7-,8+,9-,10+;6-,7+,8-,9+;;;;;. The normalized spacial score (nSPS) is 38.0. The highest BCUT2D eigenvalue weighted by Gasteiger charge is 2.38. The number of likely N-dealkylation sites (tertiary alicyclic amines) is 1. The van der Waals surface area contributed by atoms with Crippen LogP contribution in [0.5, 0.6) is 0 Å². The van der Waals surface area contributed by atoms with Crippen LogP contribution >= 0.6 is 0 Å². The van der Waals surface area contributed by atoms with Crippen LogP contribution in [-0.2, 0) is 0 Å². The van der Waals surface area contributed by atoms with Gasteiger partial charge in [0.15, 0.2) is 0 Å². The van der Waals surface area contributed by atoms with Crippen LogP contribution in [0.3, 0.4) is 0 Å². The predicted octanol–water partition coefficient (Wildman–Crippen LogP) is 8.88. The summed E-state index contributed by atoms with van der Waals surface area (Å²) in [4.78, 5) is 2.61. The lowest BCUT2D eigenvalue weighted by Crippen LogP contribution is -2.34. The van der Waals surface area contributed by atoms with Crippen LogP contribution in [0.25, 0.3) is 0 Å². The van der Waals surface area contributed by atoms with E-state index in [-0.39, 0.29) is 29.7 Å². The lowest BCUT2D eigenvalue weighted by molar-refractivity contribution is 0.209. The molecule has 0 aromatic carbocycles. The monoisotopic (exact) mass is 375 g/mol. The Kier molecular flexibility index (Phi) is 24.2. The van der Waals surface area contributed by atoms with E-state index in [9.17, 15) is 0 Å². The number of hydrogen-bond donors (Lipinski definition) is 0. The van der Waals surface area contributed by atoms with Gasteiger partial charge in [0, 0.05) is 12.1 Å². The molecule has 0 radical (unpaired) electrons. The van der Waals surface area contributed by atoms with Crippen molar-refractivity contribution in [3.63, 3.8) is 0 Å². The van der Waals surface area contributed by atoms with Crippen LogP contribution in [0, 0.1) is 35.5 Å². The Morgan fingerprint density at radius 2 is 0.846 bits per heavy atom. The Morgan fingerprint density at radius 1 is 0.577 bits per heavy atom. The predicted molar refractivity (Wildman–Crippen MR) is 129 cm³/mol. The maximum Gasteiger partial charge on any atom is 0.00984 e. The fourth-order valence-electron chi connectivity index (χ4n) is 4.48.